The van der Waals surface area contributed by atoms with Crippen molar-refractivity contribution in [3.8, 4) is 0 Å². The van der Waals surface area contributed by atoms with Crippen molar-refractivity contribution in [1.29, 1.82) is 0 Å². The fraction of sp³-hybridized carbons (Fsp3) is 0.821. The number of nitrogens with zero attached hydrogens (tertiary/aromatic N) is 1. The fourth-order valence-corrected chi connectivity index (χ4v) is 8.14. The number of alkyl carbamates (subject to hydrolysis) is 1. The van der Waals surface area contributed by atoms with E-state index in [-0.39, 0.29) is 42.4 Å². The predicted octanol–water partition coefficient (Wildman–Crippen LogP) is 3.40. The number of hydrogen-bond donors (Lipinski definition) is 5. The first kappa shape index (κ1) is 42.0. The molecule has 53 heavy (non-hydrogen) atoms. The number of carbonyl (C=O) groups excluding carboxylic acids is 7. The summed E-state index contributed by atoms with van der Waals surface area (Å²) in [4.78, 5) is 96.4. The molecule has 1 saturated heterocycles. The lowest BCUT2D eigenvalue weighted by Crippen LogP contribution is -2.63. The van der Waals surface area contributed by atoms with Gasteiger partial charge in [-0.3, -0.25) is 28.8 Å². The molecule has 5 unspecified atom stereocenters. The van der Waals surface area contributed by atoms with E-state index in [4.69, 9.17) is 4.74 Å². The molecule has 14 heteroatoms. The highest BCUT2D eigenvalue weighted by molar-refractivity contribution is 6.38. The SMILES string of the molecule is CCCC(NC(=O)[C@@H]1CC2CCCCC2N1C(=O)[C@@H](NC(=O)C(NC(=O)C(C)NC(=O)OC(C)C)C1CCCCC1)C(C)(C)C)C(=O)C(=O)NC1CC1. The number of Topliss-reactive ketones (excluding diaryl/α,β-unsaturated/α-hetero) is 1. The molecular formula is C39H64N6O8. The minimum atomic E-state index is -1.04. The number of carbonyl (C=O) groups is 7. The van der Waals surface area contributed by atoms with Gasteiger partial charge in [0.2, 0.25) is 29.4 Å². The maximum atomic E-state index is 14.9. The van der Waals surface area contributed by atoms with E-state index in [1.165, 1.54) is 6.92 Å². The number of ketones is 1. The molecule has 0 aromatic heterocycles. The normalized spacial score (nSPS) is 24.2. The second-order valence-corrected chi connectivity index (χ2v) is 17.1. The Bertz CT molecular complexity index is 1350. The minimum Gasteiger partial charge on any atom is -0.447 e. The number of amides is 6. The maximum Gasteiger partial charge on any atom is 0.408 e. The van der Waals surface area contributed by atoms with E-state index in [9.17, 15) is 33.6 Å². The van der Waals surface area contributed by atoms with E-state index in [1.807, 2.05) is 27.7 Å². The van der Waals surface area contributed by atoms with E-state index in [1.54, 1.807) is 18.7 Å². The number of fused-ring (bicyclic) bond motifs is 1. The summed E-state index contributed by atoms with van der Waals surface area (Å²) in [7, 11) is 0. The Hall–Kier alpha value is -3.71. The van der Waals surface area contributed by atoms with Gasteiger partial charge >= 0.3 is 6.09 Å². The van der Waals surface area contributed by atoms with Gasteiger partial charge in [0.15, 0.2) is 0 Å². The predicted molar refractivity (Wildman–Crippen MR) is 198 cm³/mol. The van der Waals surface area contributed by atoms with Gasteiger partial charge in [-0.25, -0.2) is 4.79 Å². The molecule has 0 bridgehead atoms. The Labute approximate surface area is 314 Å². The average molecular weight is 745 g/mol. The molecule has 3 aliphatic carbocycles. The van der Waals surface area contributed by atoms with Gasteiger partial charge in [-0.2, -0.15) is 0 Å². The van der Waals surface area contributed by atoms with Crippen LogP contribution in [-0.2, 0) is 33.5 Å². The van der Waals surface area contributed by atoms with Crippen LogP contribution in [0, 0.1) is 17.3 Å². The highest BCUT2D eigenvalue weighted by Crippen LogP contribution is 2.41. The molecule has 0 spiro atoms. The highest BCUT2D eigenvalue weighted by atomic mass is 16.6. The monoisotopic (exact) mass is 744 g/mol. The first-order chi connectivity index (χ1) is 25.0. The average Bonchev–Trinajstić information content (AvgIpc) is 3.83. The quantitative estimate of drug-likeness (QED) is 0.158. The molecule has 298 valence electrons. The van der Waals surface area contributed by atoms with Crippen molar-refractivity contribution < 1.29 is 38.3 Å². The third kappa shape index (κ3) is 11.4. The molecule has 0 aromatic rings. The van der Waals surface area contributed by atoms with E-state index >= 15 is 0 Å². The minimum absolute atomic E-state index is 0.000319. The standard InChI is InChI=1S/C39H64N6O8/c1-8-14-27(31(46)36(50)41-26-19-20-26)42-34(48)29-21-25-17-12-13-18-28(25)45(29)37(51)32(39(5,6)7)44-35(49)30(24-15-10-9-11-16-24)43-33(47)23(4)40-38(52)53-22(2)3/h22-30,32H,8-21H2,1-7H3,(H,40,52)(H,41,50)(H,42,48)(H,43,47)(H,44,49)/t23?,25?,27?,28?,29-,30?,32+/m0/s1. The van der Waals surface area contributed by atoms with Crippen LogP contribution in [0.2, 0.25) is 0 Å². The van der Waals surface area contributed by atoms with Crippen LogP contribution in [0.25, 0.3) is 0 Å². The third-order valence-corrected chi connectivity index (χ3v) is 11.2. The summed E-state index contributed by atoms with van der Waals surface area (Å²) < 4.78 is 5.12. The maximum absolute atomic E-state index is 14.9. The van der Waals surface area contributed by atoms with Crippen molar-refractivity contribution in [1.82, 2.24) is 31.5 Å². The summed E-state index contributed by atoms with van der Waals surface area (Å²) in [5, 5.41) is 14.0. The van der Waals surface area contributed by atoms with E-state index in [2.05, 4.69) is 26.6 Å². The van der Waals surface area contributed by atoms with Gasteiger partial charge in [0, 0.05) is 12.1 Å². The van der Waals surface area contributed by atoms with Crippen molar-refractivity contribution in [2.24, 2.45) is 17.3 Å². The summed E-state index contributed by atoms with van der Waals surface area (Å²) in [6.45, 7) is 12.4. The van der Waals surface area contributed by atoms with Crippen LogP contribution in [0.5, 0.6) is 0 Å². The second-order valence-electron chi connectivity index (χ2n) is 17.1. The van der Waals surface area contributed by atoms with Gasteiger partial charge in [0.05, 0.1) is 12.1 Å². The van der Waals surface area contributed by atoms with E-state index in [0.717, 1.165) is 70.6 Å². The van der Waals surface area contributed by atoms with Crippen molar-refractivity contribution in [2.45, 2.75) is 187 Å². The van der Waals surface area contributed by atoms with Gasteiger partial charge in [-0.05, 0) is 89.4 Å². The number of rotatable bonds is 15. The molecule has 4 rings (SSSR count). The molecule has 4 aliphatic rings. The van der Waals surface area contributed by atoms with E-state index in [0.29, 0.717) is 12.8 Å². The summed E-state index contributed by atoms with van der Waals surface area (Å²) in [6.07, 6.45) is 9.57. The molecule has 4 fully saturated rings. The summed E-state index contributed by atoms with van der Waals surface area (Å²) in [6, 6.07) is -5.06. The van der Waals surface area contributed by atoms with Gasteiger partial charge in [-0.1, -0.05) is 66.2 Å². The lowest BCUT2D eigenvalue weighted by atomic mass is 9.81. The van der Waals surface area contributed by atoms with Crippen LogP contribution < -0.4 is 26.6 Å². The number of ether oxygens (including phenoxy) is 1. The van der Waals surface area contributed by atoms with Crippen molar-refractivity contribution in [2.75, 3.05) is 0 Å². The lowest BCUT2D eigenvalue weighted by molar-refractivity contribution is -0.147. The van der Waals surface area contributed by atoms with Crippen molar-refractivity contribution in [3.63, 3.8) is 0 Å². The van der Waals surface area contributed by atoms with Crippen molar-refractivity contribution >= 4 is 41.4 Å². The first-order valence-corrected chi connectivity index (χ1v) is 20.1. The molecule has 3 saturated carbocycles. The number of likely N-dealkylation sites (tertiary alicyclic amines) is 1. The molecule has 0 radical (unpaired) electrons. The van der Waals surface area contributed by atoms with Gasteiger partial charge in [0.1, 0.15) is 24.2 Å². The van der Waals surface area contributed by atoms with Crippen LogP contribution >= 0.6 is 0 Å². The fourth-order valence-electron chi connectivity index (χ4n) is 8.14. The van der Waals surface area contributed by atoms with Crippen LogP contribution in [0.15, 0.2) is 0 Å². The molecule has 6 amide bonds. The lowest BCUT2D eigenvalue weighted by Gasteiger charge is -2.40. The molecule has 5 N–H and O–H groups in total. The first-order valence-electron chi connectivity index (χ1n) is 20.1. The molecule has 1 heterocycles. The van der Waals surface area contributed by atoms with Crippen LogP contribution in [-0.4, -0.2) is 94.7 Å². The summed E-state index contributed by atoms with van der Waals surface area (Å²) in [5.41, 5.74) is -0.779. The summed E-state index contributed by atoms with van der Waals surface area (Å²) in [5.74, 6) is -3.36. The highest BCUT2D eigenvalue weighted by Gasteiger charge is 2.51. The molecule has 14 nitrogen and oxygen atoms in total. The topological polar surface area (TPSA) is 192 Å². The van der Waals surface area contributed by atoms with Gasteiger partial charge < -0.3 is 36.2 Å². The molecule has 0 aromatic carbocycles. The smallest absolute Gasteiger partial charge is 0.408 e. The van der Waals surface area contributed by atoms with Gasteiger partial charge in [-0.15, -0.1) is 0 Å². The zero-order chi connectivity index (χ0) is 39.0. The largest absolute Gasteiger partial charge is 0.447 e. The Balaban J connectivity index is 1.56. The zero-order valence-corrected chi connectivity index (χ0v) is 32.9. The van der Waals surface area contributed by atoms with Crippen LogP contribution in [0.4, 0.5) is 4.79 Å². The summed E-state index contributed by atoms with van der Waals surface area (Å²) >= 11 is 0. The Kier molecular flexibility index (Phi) is 14.7. The van der Waals surface area contributed by atoms with Crippen molar-refractivity contribution in [3.05, 3.63) is 0 Å². The van der Waals surface area contributed by atoms with E-state index < -0.39 is 71.1 Å². The second kappa shape index (κ2) is 18.6. The van der Waals surface area contributed by atoms with Crippen LogP contribution in [0.1, 0.15) is 138 Å². The molecule has 1 aliphatic heterocycles. The molecule has 7 atom stereocenters. The van der Waals surface area contributed by atoms with Gasteiger partial charge in [0.25, 0.3) is 5.91 Å². The third-order valence-electron chi connectivity index (χ3n) is 11.2. The number of nitrogens with one attached hydrogen (secondary N) is 5. The Morgan fingerprint density at radius 1 is 0.774 bits per heavy atom. The number of hydrogen-bond acceptors (Lipinski definition) is 8. The zero-order valence-electron chi connectivity index (χ0n) is 32.9. The van der Waals surface area contributed by atoms with Crippen LogP contribution in [0.3, 0.4) is 0 Å². The molecular weight excluding hydrogens is 680 g/mol. The Morgan fingerprint density at radius 3 is 2.02 bits per heavy atom. The Morgan fingerprint density at radius 2 is 1.42 bits per heavy atom.